The molecule has 1 atom stereocenters. The average Bonchev–Trinajstić information content (AvgIpc) is 3.05. The Morgan fingerprint density at radius 1 is 0.596 bits per heavy atom. The van der Waals surface area contributed by atoms with Gasteiger partial charge in [0.1, 0.15) is 6.61 Å². The van der Waals surface area contributed by atoms with Gasteiger partial charge in [0.05, 0.1) is 6.61 Å². The van der Waals surface area contributed by atoms with Gasteiger partial charge < -0.3 is 14.6 Å². The van der Waals surface area contributed by atoms with Crippen LogP contribution in [0.4, 0.5) is 0 Å². The van der Waals surface area contributed by atoms with E-state index < -0.39 is 6.10 Å². The number of aliphatic hydroxyl groups excluding tert-OH is 1. The molecule has 274 valence electrons. The molecule has 1 N–H and O–H groups in total. The minimum absolute atomic E-state index is 0.108. The van der Waals surface area contributed by atoms with E-state index in [-0.39, 0.29) is 30.9 Å². The number of esters is 2. The molecule has 0 aromatic carbocycles. The number of ketones is 1. The molecule has 0 amide bonds. The largest absolute Gasteiger partial charge is 0.462 e. The topological polar surface area (TPSA) is 89.9 Å². The van der Waals surface area contributed by atoms with Gasteiger partial charge in [-0.1, -0.05) is 161 Å². The Morgan fingerprint density at radius 2 is 1.09 bits per heavy atom. The molecule has 0 aliphatic heterocycles. The zero-order valence-corrected chi connectivity index (χ0v) is 31.0. The summed E-state index contributed by atoms with van der Waals surface area (Å²) in [6.45, 7) is 6.34. The molecule has 0 saturated carbocycles. The molecule has 0 radical (unpaired) electrons. The van der Waals surface area contributed by atoms with Gasteiger partial charge in [-0.05, 0) is 44.1 Å². The first kappa shape index (κ1) is 45.0. The fraction of sp³-hybridized carbons (Fsp3) is 0.829. The van der Waals surface area contributed by atoms with Crippen molar-refractivity contribution >= 4 is 17.7 Å². The summed E-state index contributed by atoms with van der Waals surface area (Å²) in [6, 6.07) is 0. The number of rotatable bonds is 35. The van der Waals surface area contributed by atoms with Crippen molar-refractivity contribution in [3.8, 4) is 0 Å². The smallest absolute Gasteiger partial charge is 0.306 e. The Labute approximate surface area is 289 Å². The monoisotopic (exact) mass is 663 g/mol. The van der Waals surface area contributed by atoms with Crippen molar-refractivity contribution in [2.24, 2.45) is 5.92 Å². The summed E-state index contributed by atoms with van der Waals surface area (Å²) in [5, 5.41) is 9.54. The first-order valence-electron chi connectivity index (χ1n) is 19.7. The third-order valence-electron chi connectivity index (χ3n) is 8.65. The van der Waals surface area contributed by atoms with E-state index in [0.29, 0.717) is 19.3 Å². The molecule has 0 rings (SSSR count). The van der Waals surface area contributed by atoms with E-state index in [1.165, 1.54) is 96.3 Å². The third-order valence-corrected chi connectivity index (χ3v) is 8.65. The molecule has 0 aliphatic rings. The van der Waals surface area contributed by atoms with Gasteiger partial charge in [-0.25, -0.2) is 0 Å². The number of allylic oxidation sites excluding steroid dienone is 4. The van der Waals surface area contributed by atoms with Crippen molar-refractivity contribution in [3.05, 3.63) is 24.3 Å². The van der Waals surface area contributed by atoms with Gasteiger partial charge in [-0.2, -0.15) is 0 Å². The first-order chi connectivity index (χ1) is 22.9. The van der Waals surface area contributed by atoms with E-state index in [1.54, 1.807) is 6.08 Å². The van der Waals surface area contributed by atoms with Crippen LogP contribution in [-0.4, -0.2) is 42.1 Å². The van der Waals surface area contributed by atoms with E-state index in [2.05, 4.69) is 26.8 Å². The Bertz CT molecular complexity index is 787. The van der Waals surface area contributed by atoms with Gasteiger partial charge in [0, 0.05) is 19.3 Å². The second-order valence-corrected chi connectivity index (χ2v) is 13.9. The highest BCUT2D eigenvalue weighted by molar-refractivity contribution is 5.89. The highest BCUT2D eigenvalue weighted by Crippen LogP contribution is 2.15. The van der Waals surface area contributed by atoms with Crippen LogP contribution >= 0.6 is 0 Å². The van der Waals surface area contributed by atoms with Crippen LogP contribution in [0.15, 0.2) is 24.3 Å². The molecule has 0 aromatic heterocycles. The number of carbonyl (C=O) groups is 3. The van der Waals surface area contributed by atoms with Gasteiger partial charge in [-0.3, -0.25) is 14.4 Å². The molecule has 0 spiro atoms. The summed E-state index contributed by atoms with van der Waals surface area (Å²) in [7, 11) is 0. The number of unbranched alkanes of at least 4 members (excludes halogenated alkanes) is 20. The van der Waals surface area contributed by atoms with Crippen LogP contribution in [0.5, 0.6) is 0 Å². The van der Waals surface area contributed by atoms with Crippen molar-refractivity contribution in [1.29, 1.82) is 0 Å². The van der Waals surface area contributed by atoms with Crippen LogP contribution in [0.2, 0.25) is 0 Å². The maximum atomic E-state index is 12.2. The Morgan fingerprint density at radius 3 is 1.60 bits per heavy atom. The quantitative estimate of drug-likeness (QED) is 0.0314. The Kier molecular flexibility index (Phi) is 33.9. The minimum atomic E-state index is -0.806. The second-order valence-electron chi connectivity index (χ2n) is 13.9. The fourth-order valence-electron chi connectivity index (χ4n) is 5.60. The minimum Gasteiger partial charge on any atom is -0.462 e. The van der Waals surface area contributed by atoms with E-state index in [1.807, 2.05) is 12.2 Å². The van der Waals surface area contributed by atoms with Crippen LogP contribution in [0.1, 0.15) is 194 Å². The van der Waals surface area contributed by atoms with Crippen LogP contribution in [0.25, 0.3) is 0 Å². The van der Waals surface area contributed by atoms with Crippen molar-refractivity contribution < 1.29 is 29.0 Å². The molecular formula is C41H74O6. The highest BCUT2D eigenvalue weighted by atomic mass is 16.6. The number of carbonyl (C=O) groups excluding carboxylic acids is 3. The van der Waals surface area contributed by atoms with Crippen molar-refractivity contribution in [2.45, 2.75) is 200 Å². The van der Waals surface area contributed by atoms with E-state index in [4.69, 9.17) is 9.47 Å². The number of aliphatic hydroxyl groups is 1. The molecule has 0 fully saturated rings. The molecule has 0 aromatic rings. The van der Waals surface area contributed by atoms with E-state index in [9.17, 15) is 19.5 Å². The Hall–Kier alpha value is -1.95. The van der Waals surface area contributed by atoms with Gasteiger partial charge in [-0.15, -0.1) is 0 Å². The van der Waals surface area contributed by atoms with Crippen molar-refractivity contribution in [2.75, 3.05) is 13.2 Å². The van der Waals surface area contributed by atoms with Crippen LogP contribution in [-0.2, 0) is 23.9 Å². The molecule has 0 aliphatic carbocycles. The van der Waals surface area contributed by atoms with E-state index >= 15 is 0 Å². The molecule has 47 heavy (non-hydrogen) atoms. The first-order valence-corrected chi connectivity index (χ1v) is 19.7. The fourth-order valence-corrected chi connectivity index (χ4v) is 5.60. The van der Waals surface area contributed by atoms with E-state index in [0.717, 1.165) is 63.7 Å². The standard InChI is InChI=1S/C41H74O6/c1-4-5-6-7-16-21-26-31-38(43)32-27-22-19-24-28-33-40(44)46-36-39(35-42)47-41(45)34-29-23-18-15-13-11-9-8-10-12-14-17-20-25-30-37(2)3/h16,21,26,31,37,39,42H,4-15,17-20,22-25,27-30,32-36H2,1-3H3/b21-16-,31-26+/t39-/m0/s1. The molecule has 0 saturated heterocycles. The number of hydrogen-bond acceptors (Lipinski definition) is 6. The maximum Gasteiger partial charge on any atom is 0.306 e. The molecule has 0 heterocycles. The lowest BCUT2D eigenvalue weighted by molar-refractivity contribution is -0.161. The zero-order chi connectivity index (χ0) is 34.6. The Balaban J connectivity index is 3.62. The summed E-state index contributed by atoms with van der Waals surface area (Å²) in [6.07, 6.45) is 36.3. The van der Waals surface area contributed by atoms with Gasteiger partial charge >= 0.3 is 11.9 Å². The third kappa shape index (κ3) is 35.2. The lowest BCUT2D eigenvalue weighted by Gasteiger charge is -2.15. The van der Waals surface area contributed by atoms with Crippen molar-refractivity contribution in [3.63, 3.8) is 0 Å². The molecular weight excluding hydrogens is 588 g/mol. The number of hydrogen-bond donors (Lipinski definition) is 1. The zero-order valence-electron chi connectivity index (χ0n) is 31.0. The summed E-state index contributed by atoms with van der Waals surface area (Å²) < 4.78 is 10.5. The predicted octanol–water partition coefficient (Wildman–Crippen LogP) is 11.3. The summed E-state index contributed by atoms with van der Waals surface area (Å²) in [5.74, 6) is 0.323. The van der Waals surface area contributed by atoms with Gasteiger partial charge in [0.25, 0.3) is 0 Å². The number of ether oxygens (including phenoxy) is 2. The summed E-state index contributed by atoms with van der Waals surface area (Å²) >= 11 is 0. The summed E-state index contributed by atoms with van der Waals surface area (Å²) in [4.78, 5) is 36.2. The second kappa shape index (κ2) is 35.4. The lowest BCUT2D eigenvalue weighted by atomic mass is 10.0. The molecule has 6 heteroatoms. The normalized spacial score (nSPS) is 12.4. The molecule has 0 bridgehead atoms. The molecule has 6 nitrogen and oxygen atoms in total. The SMILES string of the molecule is CCCCC/C=C\C=C\C(=O)CCCCCCCC(=O)OC[C@H](CO)OC(=O)CCCCCCCCCCCCCCCCC(C)C. The average molecular weight is 663 g/mol. The van der Waals surface area contributed by atoms with Gasteiger partial charge in [0.2, 0.25) is 0 Å². The van der Waals surface area contributed by atoms with Gasteiger partial charge in [0.15, 0.2) is 11.9 Å². The lowest BCUT2D eigenvalue weighted by Crippen LogP contribution is -2.28. The molecule has 0 unspecified atom stereocenters. The van der Waals surface area contributed by atoms with Crippen LogP contribution < -0.4 is 0 Å². The van der Waals surface area contributed by atoms with Crippen molar-refractivity contribution in [1.82, 2.24) is 0 Å². The predicted molar refractivity (Wildman–Crippen MR) is 196 cm³/mol. The van der Waals surface area contributed by atoms with Crippen LogP contribution in [0.3, 0.4) is 0 Å². The highest BCUT2D eigenvalue weighted by Gasteiger charge is 2.16. The maximum absolute atomic E-state index is 12.2. The summed E-state index contributed by atoms with van der Waals surface area (Å²) in [5.41, 5.74) is 0. The van der Waals surface area contributed by atoms with Crippen LogP contribution in [0, 0.1) is 5.92 Å².